The van der Waals surface area contributed by atoms with E-state index < -0.39 is 84.9 Å². The quantitative estimate of drug-likeness (QED) is 0.114. The van der Waals surface area contributed by atoms with Crippen molar-refractivity contribution in [1.82, 2.24) is 16.0 Å². The largest absolute Gasteiger partial charge is 0.481 e. The predicted molar refractivity (Wildman–Crippen MR) is 111 cm³/mol. The molecule has 0 aliphatic rings. The summed E-state index contributed by atoms with van der Waals surface area (Å²) in [5, 5.41) is 24.3. The van der Waals surface area contributed by atoms with Crippen molar-refractivity contribution in [2.45, 2.75) is 63.7 Å². The Labute approximate surface area is 188 Å². The lowest BCUT2D eigenvalue weighted by molar-refractivity contribution is -0.147. The number of aliphatic carboxylic acids is 2. The molecule has 15 heteroatoms. The van der Waals surface area contributed by atoms with Crippen LogP contribution in [-0.4, -0.2) is 75.9 Å². The minimum Gasteiger partial charge on any atom is -0.481 e. The highest BCUT2D eigenvalue weighted by molar-refractivity contribution is 5.97. The van der Waals surface area contributed by atoms with Crippen molar-refractivity contribution in [3.63, 3.8) is 0 Å². The van der Waals surface area contributed by atoms with Gasteiger partial charge in [-0.2, -0.15) is 0 Å². The van der Waals surface area contributed by atoms with Gasteiger partial charge >= 0.3 is 11.9 Å². The lowest BCUT2D eigenvalue weighted by Crippen LogP contribution is -2.58. The van der Waals surface area contributed by atoms with Gasteiger partial charge in [-0.25, -0.2) is 4.79 Å². The summed E-state index contributed by atoms with van der Waals surface area (Å²) < 4.78 is 0. The Kier molecular flexibility index (Phi) is 12.1. The van der Waals surface area contributed by atoms with Crippen LogP contribution in [0.3, 0.4) is 0 Å². The molecule has 0 heterocycles. The van der Waals surface area contributed by atoms with E-state index in [2.05, 4.69) is 10.6 Å². The lowest BCUT2D eigenvalue weighted by atomic mass is 10.0. The predicted octanol–water partition coefficient (Wildman–Crippen LogP) is -3.88. The van der Waals surface area contributed by atoms with Crippen LogP contribution < -0.4 is 33.2 Å². The molecule has 33 heavy (non-hydrogen) atoms. The van der Waals surface area contributed by atoms with E-state index in [1.807, 2.05) is 5.32 Å². The Morgan fingerprint density at radius 1 is 0.697 bits per heavy atom. The number of nitrogens with one attached hydrogen (secondary N) is 3. The molecule has 11 N–H and O–H groups in total. The molecular weight excluding hydrogens is 444 g/mol. The van der Waals surface area contributed by atoms with Gasteiger partial charge in [0.1, 0.15) is 18.1 Å². The summed E-state index contributed by atoms with van der Waals surface area (Å²) >= 11 is 0. The number of nitrogens with two attached hydrogens (primary N) is 3. The van der Waals surface area contributed by atoms with E-state index in [0.717, 1.165) is 0 Å². The molecule has 0 saturated carbocycles. The maximum atomic E-state index is 12.8. The number of hydrogen-bond acceptors (Lipinski definition) is 8. The average Bonchev–Trinajstić information content (AvgIpc) is 2.64. The lowest BCUT2D eigenvalue weighted by Gasteiger charge is -2.25. The maximum absolute atomic E-state index is 12.8. The van der Waals surface area contributed by atoms with E-state index in [1.165, 1.54) is 0 Å². The Bertz CT molecular complexity index is 785. The zero-order valence-electron chi connectivity index (χ0n) is 18.2. The molecule has 0 aliphatic carbocycles. The Hall–Kier alpha value is -3.75. The molecule has 0 spiro atoms. The first-order chi connectivity index (χ1) is 15.1. The van der Waals surface area contributed by atoms with Gasteiger partial charge in [0.05, 0.1) is 25.3 Å². The number of carboxylic acids is 2. The maximum Gasteiger partial charge on any atom is 0.326 e. The number of primary amides is 2. The average molecular weight is 474 g/mol. The molecule has 0 aromatic carbocycles. The number of amides is 5. The number of carboxylic acid groups (broad SMARTS) is 2. The van der Waals surface area contributed by atoms with Gasteiger partial charge < -0.3 is 43.4 Å². The summed E-state index contributed by atoms with van der Waals surface area (Å²) in [6.45, 7) is 3.46. The molecule has 0 radical (unpaired) electrons. The second-order valence-corrected chi connectivity index (χ2v) is 7.70. The topological polar surface area (TPSA) is 274 Å². The van der Waals surface area contributed by atoms with E-state index in [0.29, 0.717) is 0 Å². The van der Waals surface area contributed by atoms with Crippen LogP contribution in [0.25, 0.3) is 0 Å². The highest BCUT2D eigenvalue weighted by Gasteiger charge is 2.32. The van der Waals surface area contributed by atoms with Crippen molar-refractivity contribution < 1.29 is 43.8 Å². The highest BCUT2D eigenvalue weighted by atomic mass is 16.4. The third-order valence-corrected chi connectivity index (χ3v) is 4.13. The first-order valence-corrected chi connectivity index (χ1v) is 9.81. The smallest absolute Gasteiger partial charge is 0.326 e. The van der Waals surface area contributed by atoms with Crippen LogP contribution >= 0.6 is 0 Å². The fourth-order valence-electron chi connectivity index (χ4n) is 2.62. The second-order valence-electron chi connectivity index (χ2n) is 7.70. The normalized spacial score (nSPS) is 14.3. The monoisotopic (exact) mass is 474 g/mol. The van der Waals surface area contributed by atoms with Gasteiger partial charge in [0.2, 0.25) is 29.5 Å². The first kappa shape index (κ1) is 29.2. The van der Waals surface area contributed by atoms with E-state index in [9.17, 15) is 33.6 Å². The number of rotatable bonds is 15. The fourth-order valence-corrected chi connectivity index (χ4v) is 2.62. The highest BCUT2D eigenvalue weighted by Crippen LogP contribution is 2.07. The summed E-state index contributed by atoms with van der Waals surface area (Å²) in [6.07, 6.45) is -2.10. The van der Waals surface area contributed by atoms with Crippen LogP contribution in [0.5, 0.6) is 0 Å². The van der Waals surface area contributed by atoms with Gasteiger partial charge in [-0.1, -0.05) is 13.8 Å². The van der Waals surface area contributed by atoms with Gasteiger partial charge in [-0.05, 0) is 12.3 Å². The molecule has 0 aromatic heterocycles. The molecule has 15 nitrogen and oxygen atoms in total. The molecule has 4 atom stereocenters. The molecule has 0 fully saturated rings. The Morgan fingerprint density at radius 3 is 1.58 bits per heavy atom. The minimum atomic E-state index is -1.83. The molecule has 5 amide bonds. The minimum absolute atomic E-state index is 0.0720. The van der Waals surface area contributed by atoms with Crippen molar-refractivity contribution in [2.24, 2.45) is 23.1 Å². The zero-order valence-corrected chi connectivity index (χ0v) is 18.2. The van der Waals surface area contributed by atoms with Crippen LogP contribution in [0, 0.1) is 5.92 Å². The van der Waals surface area contributed by atoms with Crippen LogP contribution in [0.15, 0.2) is 0 Å². The Balaban J connectivity index is 5.56. The van der Waals surface area contributed by atoms with E-state index in [-0.39, 0.29) is 12.3 Å². The molecule has 4 unspecified atom stereocenters. The summed E-state index contributed by atoms with van der Waals surface area (Å²) in [4.78, 5) is 81.7. The first-order valence-electron chi connectivity index (χ1n) is 9.81. The van der Waals surface area contributed by atoms with Crippen molar-refractivity contribution in [3.05, 3.63) is 0 Å². The summed E-state index contributed by atoms with van der Waals surface area (Å²) in [6, 6.07) is -6.06. The molecule has 0 aromatic rings. The van der Waals surface area contributed by atoms with E-state index >= 15 is 0 Å². The molecule has 0 bridgehead atoms. The van der Waals surface area contributed by atoms with Crippen molar-refractivity contribution in [1.29, 1.82) is 0 Å². The van der Waals surface area contributed by atoms with Gasteiger partial charge in [0.25, 0.3) is 0 Å². The molecule has 0 saturated heterocycles. The summed E-state index contributed by atoms with van der Waals surface area (Å²) in [7, 11) is 0. The SMILES string of the molecule is CC(C)CC(NC(=O)C(N)CC(N)=O)C(=O)NC(CC(N)=O)C(=O)NC(CC(=O)O)C(=O)O. The van der Waals surface area contributed by atoms with Crippen molar-refractivity contribution >= 4 is 41.5 Å². The number of carbonyl (C=O) groups is 7. The van der Waals surface area contributed by atoms with Crippen LogP contribution in [0.2, 0.25) is 0 Å². The van der Waals surface area contributed by atoms with E-state index in [4.69, 9.17) is 27.4 Å². The second kappa shape index (κ2) is 13.6. The molecular formula is C18H30N6O9. The standard InChI is InChI=1S/C18H30N6O9/c1-7(2)3-9(22-15(29)8(19)4-12(20)25)16(30)23-10(5-13(21)26)17(31)24-11(18(32)33)6-14(27)28/h7-11H,3-6,19H2,1-2H3,(H2,20,25)(H2,21,26)(H,22,29)(H,23,30)(H,24,31)(H,27,28)(H,32,33). The van der Waals surface area contributed by atoms with Crippen molar-refractivity contribution in [2.75, 3.05) is 0 Å². The van der Waals surface area contributed by atoms with Gasteiger partial charge in [0, 0.05) is 0 Å². The van der Waals surface area contributed by atoms with E-state index in [1.54, 1.807) is 13.8 Å². The Morgan fingerprint density at radius 2 is 1.15 bits per heavy atom. The van der Waals surface area contributed by atoms with Gasteiger partial charge in [-0.15, -0.1) is 0 Å². The number of carbonyl (C=O) groups excluding carboxylic acids is 5. The van der Waals surface area contributed by atoms with Crippen LogP contribution in [-0.2, 0) is 33.6 Å². The van der Waals surface area contributed by atoms with Crippen LogP contribution in [0.1, 0.15) is 39.5 Å². The third kappa shape index (κ3) is 12.0. The van der Waals surface area contributed by atoms with Crippen LogP contribution in [0.4, 0.5) is 0 Å². The molecule has 0 aliphatic heterocycles. The third-order valence-electron chi connectivity index (χ3n) is 4.13. The summed E-state index contributed by atoms with van der Waals surface area (Å²) in [5.74, 6) is -8.11. The molecule has 186 valence electrons. The number of hydrogen-bond donors (Lipinski definition) is 8. The zero-order chi connectivity index (χ0) is 25.9. The summed E-state index contributed by atoms with van der Waals surface area (Å²) in [5.41, 5.74) is 15.6. The fraction of sp³-hybridized carbons (Fsp3) is 0.611. The van der Waals surface area contributed by atoms with Crippen molar-refractivity contribution in [3.8, 4) is 0 Å². The van der Waals surface area contributed by atoms with Gasteiger partial charge in [-0.3, -0.25) is 28.8 Å². The van der Waals surface area contributed by atoms with Gasteiger partial charge in [0.15, 0.2) is 0 Å². The molecule has 0 rings (SSSR count).